The van der Waals surface area contributed by atoms with Gasteiger partial charge in [-0.15, -0.1) is 0 Å². The summed E-state index contributed by atoms with van der Waals surface area (Å²) in [6, 6.07) is 12.9. The van der Waals surface area contributed by atoms with Crippen molar-refractivity contribution in [3.63, 3.8) is 0 Å². The molecule has 2 aromatic carbocycles. The minimum Gasteiger partial charge on any atom is -0.496 e. The van der Waals surface area contributed by atoms with Crippen LogP contribution in [0.5, 0.6) is 5.75 Å². The van der Waals surface area contributed by atoms with E-state index in [9.17, 15) is 14.5 Å². The lowest BCUT2D eigenvalue weighted by molar-refractivity contribution is -0.383. The zero-order valence-electron chi connectivity index (χ0n) is 17.9. The van der Waals surface area contributed by atoms with Crippen molar-refractivity contribution >= 4 is 29.0 Å². The first kappa shape index (κ1) is 22.7. The molecule has 0 spiro atoms. The number of nitrogens with two attached hydrogens (primary N) is 1. The van der Waals surface area contributed by atoms with Crippen molar-refractivity contribution in [2.24, 2.45) is 0 Å². The van der Waals surface area contributed by atoms with Gasteiger partial charge in [-0.1, -0.05) is 18.2 Å². The molecular weight excluding hydrogens is 417 g/mol. The Bertz CT molecular complexity index is 1090. The maximum Gasteiger partial charge on any atom is 0.353 e. The average molecular weight is 441 g/mol. The highest BCUT2D eigenvalue weighted by Crippen LogP contribution is 2.32. The molecule has 3 rings (SSSR count). The summed E-state index contributed by atoms with van der Waals surface area (Å²) in [5, 5.41) is 17.4. The number of likely N-dealkylation sites (N-methyl/N-ethyl adjacent to an activating group) is 1. The van der Waals surface area contributed by atoms with Gasteiger partial charge in [0.2, 0.25) is 17.6 Å². The van der Waals surface area contributed by atoms with Gasteiger partial charge < -0.3 is 26.0 Å². The lowest BCUT2D eigenvalue weighted by Crippen LogP contribution is -2.28. The van der Waals surface area contributed by atoms with Gasteiger partial charge >= 0.3 is 5.69 Å². The molecule has 0 saturated carbocycles. The first-order chi connectivity index (χ1) is 15.3. The van der Waals surface area contributed by atoms with Gasteiger partial charge in [-0.25, -0.2) is 4.39 Å². The molecule has 4 N–H and O–H groups in total. The van der Waals surface area contributed by atoms with E-state index >= 15 is 0 Å². The van der Waals surface area contributed by atoms with Gasteiger partial charge in [-0.2, -0.15) is 9.97 Å². The van der Waals surface area contributed by atoms with Crippen LogP contribution in [-0.4, -0.2) is 47.5 Å². The third kappa shape index (κ3) is 5.19. The number of hydrogen-bond acceptors (Lipinski definition) is 9. The van der Waals surface area contributed by atoms with Crippen molar-refractivity contribution in [1.82, 2.24) is 14.9 Å². The molecule has 0 aliphatic carbocycles. The zero-order chi connectivity index (χ0) is 23.3. The molecule has 168 valence electrons. The molecule has 0 amide bonds. The highest BCUT2D eigenvalue weighted by atomic mass is 19.1. The van der Waals surface area contributed by atoms with Crippen molar-refractivity contribution in [2.75, 3.05) is 44.1 Å². The lowest BCUT2D eigenvalue weighted by atomic mass is 10.0. The molecule has 1 aromatic heterocycles. The second-order valence-corrected chi connectivity index (χ2v) is 7.12. The van der Waals surface area contributed by atoms with Crippen molar-refractivity contribution in [2.45, 2.75) is 6.04 Å². The fraction of sp³-hybridized carbons (Fsp3) is 0.238. The van der Waals surface area contributed by atoms with Crippen LogP contribution in [0.4, 0.5) is 33.3 Å². The minimum absolute atomic E-state index is 0.102. The number of nitrogen functional groups attached to an aromatic ring is 1. The van der Waals surface area contributed by atoms with Crippen LogP contribution in [0, 0.1) is 15.9 Å². The van der Waals surface area contributed by atoms with Crippen molar-refractivity contribution in [1.29, 1.82) is 0 Å². The molecule has 0 bridgehead atoms. The molecule has 0 unspecified atom stereocenters. The number of ether oxygens (including phenoxy) is 1. The fourth-order valence-corrected chi connectivity index (χ4v) is 3.19. The molecule has 0 fully saturated rings. The van der Waals surface area contributed by atoms with Gasteiger partial charge in [-0.3, -0.25) is 10.1 Å². The number of hydrogen-bond donors (Lipinski definition) is 3. The first-order valence-corrected chi connectivity index (χ1v) is 9.68. The second-order valence-electron chi connectivity index (χ2n) is 7.12. The van der Waals surface area contributed by atoms with Crippen LogP contribution in [0.1, 0.15) is 11.6 Å². The van der Waals surface area contributed by atoms with Gasteiger partial charge in [0.25, 0.3) is 0 Å². The van der Waals surface area contributed by atoms with E-state index in [-0.39, 0.29) is 23.6 Å². The summed E-state index contributed by atoms with van der Waals surface area (Å²) >= 11 is 0. The first-order valence-electron chi connectivity index (χ1n) is 9.68. The van der Waals surface area contributed by atoms with Gasteiger partial charge in [0.15, 0.2) is 0 Å². The lowest BCUT2D eigenvalue weighted by Gasteiger charge is -2.26. The number of rotatable bonds is 9. The number of para-hydroxylation sites is 1. The minimum atomic E-state index is -0.664. The normalized spacial score (nSPS) is 11.8. The standard InChI is InChI=1S/C21H24FN7O3/c1-28(2)16(15-6-4-5-7-17(15)32-3)12-24-21-26-19(23)18(29(30)31)20(27-21)25-14-10-8-13(22)9-11-14/h4-11,16H,12H2,1-3H3,(H4,23,24,25,26,27)/t16-/m1/s1. The van der Waals surface area contributed by atoms with E-state index in [0.717, 1.165) is 11.3 Å². The van der Waals surface area contributed by atoms with Gasteiger partial charge in [0, 0.05) is 17.8 Å². The third-order valence-corrected chi connectivity index (χ3v) is 4.78. The Morgan fingerprint density at radius 1 is 1.19 bits per heavy atom. The van der Waals surface area contributed by atoms with Crippen molar-refractivity contribution in [3.8, 4) is 5.75 Å². The Labute approximate surface area is 184 Å². The van der Waals surface area contributed by atoms with E-state index in [0.29, 0.717) is 12.2 Å². The Morgan fingerprint density at radius 3 is 2.50 bits per heavy atom. The predicted octanol–water partition coefficient (Wildman–Crippen LogP) is 3.57. The van der Waals surface area contributed by atoms with Crippen LogP contribution in [0.15, 0.2) is 48.5 Å². The average Bonchev–Trinajstić information content (AvgIpc) is 2.75. The summed E-state index contributed by atoms with van der Waals surface area (Å²) in [7, 11) is 5.45. The summed E-state index contributed by atoms with van der Waals surface area (Å²) in [6.45, 7) is 0.376. The number of halogens is 1. The fourth-order valence-electron chi connectivity index (χ4n) is 3.19. The highest BCUT2D eigenvalue weighted by molar-refractivity contribution is 5.74. The molecular formula is C21H24FN7O3. The van der Waals surface area contributed by atoms with E-state index in [1.807, 2.05) is 43.3 Å². The number of benzene rings is 2. The van der Waals surface area contributed by atoms with Crippen LogP contribution in [-0.2, 0) is 0 Å². The zero-order valence-corrected chi connectivity index (χ0v) is 17.9. The van der Waals surface area contributed by atoms with Gasteiger partial charge in [0.1, 0.15) is 11.6 Å². The van der Waals surface area contributed by atoms with Gasteiger partial charge in [0.05, 0.1) is 18.1 Å². The summed E-state index contributed by atoms with van der Waals surface area (Å²) in [6.07, 6.45) is 0. The summed E-state index contributed by atoms with van der Waals surface area (Å²) < 4.78 is 18.7. The summed E-state index contributed by atoms with van der Waals surface area (Å²) in [5.74, 6) is 0.0158. The van der Waals surface area contributed by atoms with Crippen LogP contribution in [0.25, 0.3) is 0 Å². The monoisotopic (exact) mass is 441 g/mol. The maximum absolute atomic E-state index is 13.2. The number of nitrogens with one attached hydrogen (secondary N) is 2. The summed E-state index contributed by atoms with van der Waals surface area (Å²) in [5.41, 5.74) is 6.76. The summed E-state index contributed by atoms with van der Waals surface area (Å²) in [4.78, 5) is 21.1. The highest BCUT2D eigenvalue weighted by Gasteiger charge is 2.24. The van der Waals surface area contributed by atoms with E-state index in [1.165, 1.54) is 24.3 Å². The smallest absolute Gasteiger partial charge is 0.353 e. The number of anilines is 4. The van der Waals surface area contributed by atoms with Crippen LogP contribution in [0.2, 0.25) is 0 Å². The Kier molecular flexibility index (Phi) is 7.00. The SMILES string of the molecule is COc1ccccc1[C@@H](CNc1nc(N)c([N+](=O)[O-])c(Nc2ccc(F)cc2)n1)N(C)C. The third-order valence-electron chi connectivity index (χ3n) is 4.78. The Balaban J connectivity index is 1.89. The number of nitro groups is 1. The van der Waals surface area contributed by atoms with Crippen molar-refractivity contribution in [3.05, 3.63) is 70.0 Å². The van der Waals surface area contributed by atoms with Crippen molar-refractivity contribution < 1.29 is 14.1 Å². The van der Waals surface area contributed by atoms with E-state index in [2.05, 4.69) is 20.6 Å². The van der Waals surface area contributed by atoms with Crippen LogP contribution in [0.3, 0.4) is 0 Å². The van der Waals surface area contributed by atoms with E-state index < -0.39 is 16.4 Å². The largest absolute Gasteiger partial charge is 0.496 e. The van der Waals surface area contributed by atoms with Crippen LogP contribution >= 0.6 is 0 Å². The van der Waals surface area contributed by atoms with E-state index in [4.69, 9.17) is 10.5 Å². The quantitative estimate of drug-likeness (QED) is 0.337. The topological polar surface area (TPSA) is 131 Å². The molecule has 1 heterocycles. The van der Waals surface area contributed by atoms with Gasteiger partial charge in [-0.05, 0) is 44.4 Å². The number of nitrogens with zero attached hydrogens (tertiary/aromatic N) is 4. The number of aromatic nitrogens is 2. The molecule has 1 atom stereocenters. The molecule has 3 aromatic rings. The second kappa shape index (κ2) is 9.88. The molecule has 0 saturated heterocycles. The molecule has 10 nitrogen and oxygen atoms in total. The molecule has 0 aliphatic rings. The molecule has 11 heteroatoms. The van der Waals surface area contributed by atoms with Crippen LogP contribution < -0.4 is 21.1 Å². The predicted molar refractivity (Wildman–Crippen MR) is 121 cm³/mol. The number of methoxy groups -OCH3 is 1. The molecule has 32 heavy (non-hydrogen) atoms. The Hall–Kier alpha value is -3.99. The molecule has 0 aliphatic heterocycles. The molecule has 0 radical (unpaired) electrons. The maximum atomic E-state index is 13.2. The Morgan fingerprint density at radius 2 is 1.88 bits per heavy atom. The van der Waals surface area contributed by atoms with E-state index in [1.54, 1.807) is 7.11 Å².